The summed E-state index contributed by atoms with van der Waals surface area (Å²) in [5, 5.41) is 3.62. The standard InChI is InChI=1S/C16H30N2O2/c1-5-16(4)15(19)18(10-11-20-12(2)3)14(17-16)13-8-6-7-9-13/h12-14,17H,5-11H2,1-4H3. The quantitative estimate of drug-likeness (QED) is 0.814. The molecule has 1 N–H and O–H groups in total. The minimum absolute atomic E-state index is 0.214. The molecule has 2 atom stereocenters. The van der Waals surface area contributed by atoms with Gasteiger partial charge in [0, 0.05) is 6.54 Å². The van der Waals surface area contributed by atoms with Crippen LogP contribution in [-0.2, 0) is 9.53 Å². The van der Waals surface area contributed by atoms with Gasteiger partial charge in [-0.2, -0.15) is 0 Å². The summed E-state index contributed by atoms with van der Waals surface area (Å²) in [6.07, 6.45) is 6.37. The molecule has 0 bridgehead atoms. The molecule has 1 heterocycles. The molecular weight excluding hydrogens is 252 g/mol. The van der Waals surface area contributed by atoms with Crippen LogP contribution in [0.15, 0.2) is 0 Å². The average Bonchev–Trinajstić information content (AvgIpc) is 3.00. The van der Waals surface area contributed by atoms with Crippen LogP contribution in [0.3, 0.4) is 0 Å². The normalized spacial score (nSPS) is 31.8. The second-order valence-corrected chi connectivity index (χ2v) is 6.74. The minimum atomic E-state index is -0.384. The summed E-state index contributed by atoms with van der Waals surface area (Å²) in [4.78, 5) is 14.8. The topological polar surface area (TPSA) is 41.6 Å². The van der Waals surface area contributed by atoms with E-state index in [4.69, 9.17) is 4.74 Å². The van der Waals surface area contributed by atoms with Gasteiger partial charge in [0.15, 0.2) is 0 Å². The summed E-state index contributed by atoms with van der Waals surface area (Å²) in [6.45, 7) is 9.55. The highest BCUT2D eigenvalue weighted by molar-refractivity contribution is 5.88. The Kier molecular flexibility index (Phi) is 5.08. The molecule has 1 saturated heterocycles. The second-order valence-electron chi connectivity index (χ2n) is 6.74. The zero-order valence-corrected chi connectivity index (χ0v) is 13.4. The van der Waals surface area contributed by atoms with Gasteiger partial charge in [0.05, 0.1) is 24.4 Å². The number of rotatable bonds is 6. The Hall–Kier alpha value is -0.610. The van der Waals surface area contributed by atoms with Crippen molar-refractivity contribution in [3.05, 3.63) is 0 Å². The van der Waals surface area contributed by atoms with E-state index >= 15 is 0 Å². The largest absolute Gasteiger partial charge is 0.377 e. The van der Waals surface area contributed by atoms with Gasteiger partial charge in [-0.15, -0.1) is 0 Å². The Labute approximate surface area is 123 Å². The van der Waals surface area contributed by atoms with Gasteiger partial charge in [-0.25, -0.2) is 0 Å². The van der Waals surface area contributed by atoms with Crippen molar-refractivity contribution in [2.75, 3.05) is 13.2 Å². The van der Waals surface area contributed by atoms with Crippen LogP contribution in [0.1, 0.15) is 59.8 Å². The number of carbonyl (C=O) groups excluding carboxylic acids is 1. The number of ether oxygens (including phenoxy) is 1. The van der Waals surface area contributed by atoms with E-state index in [1.807, 2.05) is 25.7 Å². The lowest BCUT2D eigenvalue weighted by atomic mass is 9.99. The van der Waals surface area contributed by atoms with Gasteiger partial charge in [-0.1, -0.05) is 19.8 Å². The molecule has 1 amide bonds. The molecule has 1 aliphatic carbocycles. The lowest BCUT2D eigenvalue weighted by Gasteiger charge is -2.29. The predicted molar refractivity (Wildman–Crippen MR) is 80.4 cm³/mol. The Bertz CT molecular complexity index is 339. The van der Waals surface area contributed by atoms with Crippen LogP contribution in [0, 0.1) is 5.92 Å². The highest BCUT2D eigenvalue weighted by Crippen LogP contribution is 2.35. The van der Waals surface area contributed by atoms with E-state index in [9.17, 15) is 4.79 Å². The van der Waals surface area contributed by atoms with Crippen molar-refractivity contribution in [2.24, 2.45) is 5.92 Å². The summed E-state index contributed by atoms with van der Waals surface area (Å²) >= 11 is 0. The van der Waals surface area contributed by atoms with Crippen molar-refractivity contribution < 1.29 is 9.53 Å². The van der Waals surface area contributed by atoms with Crippen LogP contribution in [0.4, 0.5) is 0 Å². The molecule has 2 fully saturated rings. The van der Waals surface area contributed by atoms with Crippen molar-refractivity contribution in [3.63, 3.8) is 0 Å². The van der Waals surface area contributed by atoms with Crippen LogP contribution in [0.2, 0.25) is 0 Å². The smallest absolute Gasteiger partial charge is 0.243 e. The van der Waals surface area contributed by atoms with Crippen molar-refractivity contribution in [1.29, 1.82) is 0 Å². The van der Waals surface area contributed by atoms with Crippen molar-refractivity contribution in [3.8, 4) is 0 Å². The Morgan fingerprint density at radius 3 is 2.60 bits per heavy atom. The first kappa shape index (κ1) is 15.8. The minimum Gasteiger partial charge on any atom is -0.377 e. The molecule has 0 aromatic rings. The maximum atomic E-state index is 12.7. The molecule has 2 unspecified atom stereocenters. The Balaban J connectivity index is 2.04. The van der Waals surface area contributed by atoms with Gasteiger partial charge in [0.25, 0.3) is 0 Å². The van der Waals surface area contributed by atoms with E-state index in [1.165, 1.54) is 25.7 Å². The molecule has 4 nitrogen and oxygen atoms in total. The zero-order valence-electron chi connectivity index (χ0n) is 13.4. The molecule has 0 aromatic heterocycles. The third-order valence-electron chi connectivity index (χ3n) is 4.87. The van der Waals surface area contributed by atoms with Crippen molar-refractivity contribution in [1.82, 2.24) is 10.2 Å². The fourth-order valence-electron chi connectivity index (χ4n) is 3.44. The molecule has 0 aromatic carbocycles. The van der Waals surface area contributed by atoms with E-state index in [-0.39, 0.29) is 23.7 Å². The average molecular weight is 282 g/mol. The molecule has 2 aliphatic rings. The number of amides is 1. The van der Waals surface area contributed by atoms with Crippen LogP contribution in [0.5, 0.6) is 0 Å². The Morgan fingerprint density at radius 1 is 1.40 bits per heavy atom. The molecule has 1 aliphatic heterocycles. The molecule has 0 radical (unpaired) electrons. The van der Waals surface area contributed by atoms with Gasteiger partial charge in [-0.3, -0.25) is 10.1 Å². The van der Waals surface area contributed by atoms with Gasteiger partial charge < -0.3 is 9.64 Å². The van der Waals surface area contributed by atoms with E-state index < -0.39 is 0 Å². The summed E-state index contributed by atoms with van der Waals surface area (Å²) in [7, 11) is 0. The number of nitrogens with one attached hydrogen (secondary N) is 1. The highest BCUT2D eigenvalue weighted by Gasteiger charge is 2.49. The lowest BCUT2D eigenvalue weighted by Crippen LogP contribution is -2.45. The van der Waals surface area contributed by atoms with Gasteiger partial charge >= 0.3 is 0 Å². The Morgan fingerprint density at radius 2 is 2.05 bits per heavy atom. The van der Waals surface area contributed by atoms with Gasteiger partial charge in [0.2, 0.25) is 5.91 Å². The molecule has 0 spiro atoms. The molecule has 116 valence electrons. The van der Waals surface area contributed by atoms with E-state index in [2.05, 4.69) is 12.2 Å². The number of carbonyl (C=O) groups is 1. The summed E-state index contributed by atoms with van der Waals surface area (Å²) in [5.41, 5.74) is -0.384. The van der Waals surface area contributed by atoms with Crippen LogP contribution >= 0.6 is 0 Å². The monoisotopic (exact) mass is 282 g/mol. The fraction of sp³-hybridized carbons (Fsp3) is 0.938. The van der Waals surface area contributed by atoms with Crippen LogP contribution in [-0.4, -0.2) is 41.8 Å². The van der Waals surface area contributed by atoms with Crippen molar-refractivity contribution >= 4 is 5.91 Å². The number of hydrogen-bond donors (Lipinski definition) is 1. The van der Waals surface area contributed by atoms with E-state index in [1.54, 1.807) is 0 Å². The van der Waals surface area contributed by atoms with E-state index in [0.29, 0.717) is 19.1 Å². The molecule has 20 heavy (non-hydrogen) atoms. The molecular formula is C16H30N2O2. The second kappa shape index (κ2) is 6.44. The maximum Gasteiger partial charge on any atom is 0.243 e. The van der Waals surface area contributed by atoms with Crippen LogP contribution in [0.25, 0.3) is 0 Å². The first-order chi connectivity index (χ1) is 9.48. The predicted octanol–water partition coefficient (Wildman–Crippen LogP) is 2.53. The highest BCUT2D eigenvalue weighted by atomic mass is 16.5. The lowest BCUT2D eigenvalue weighted by molar-refractivity contribution is -0.134. The SMILES string of the molecule is CCC1(C)NC(C2CCCC2)N(CCOC(C)C)C1=O. The zero-order chi connectivity index (χ0) is 14.8. The molecule has 1 saturated carbocycles. The fourth-order valence-corrected chi connectivity index (χ4v) is 3.44. The van der Waals surface area contributed by atoms with E-state index in [0.717, 1.165) is 6.42 Å². The summed E-state index contributed by atoms with van der Waals surface area (Å²) < 4.78 is 5.64. The van der Waals surface area contributed by atoms with Gasteiger partial charge in [-0.05, 0) is 46.0 Å². The third kappa shape index (κ3) is 3.17. The summed E-state index contributed by atoms with van der Waals surface area (Å²) in [6, 6.07) is 0. The molecule has 2 rings (SSSR count). The summed E-state index contributed by atoms with van der Waals surface area (Å²) in [5.74, 6) is 0.871. The first-order valence-electron chi connectivity index (χ1n) is 8.18. The van der Waals surface area contributed by atoms with Crippen LogP contribution < -0.4 is 5.32 Å². The first-order valence-corrected chi connectivity index (χ1v) is 8.18. The third-order valence-corrected chi connectivity index (χ3v) is 4.87. The molecule has 4 heteroatoms. The maximum absolute atomic E-state index is 12.7. The van der Waals surface area contributed by atoms with Crippen molar-refractivity contribution in [2.45, 2.75) is 77.6 Å². The van der Waals surface area contributed by atoms with Gasteiger partial charge in [0.1, 0.15) is 0 Å². The number of nitrogens with zero attached hydrogens (tertiary/aromatic N) is 1. The number of hydrogen-bond acceptors (Lipinski definition) is 3.